The molecule has 0 radical (unpaired) electrons. The quantitative estimate of drug-likeness (QED) is 0.486. The second-order valence-electron chi connectivity index (χ2n) is 3.89. The number of nitro groups is 1. The van der Waals surface area contributed by atoms with Gasteiger partial charge in [0.15, 0.2) is 11.6 Å². The van der Waals surface area contributed by atoms with E-state index in [1.165, 1.54) is 31.3 Å². The van der Waals surface area contributed by atoms with Gasteiger partial charge in [0.05, 0.1) is 4.92 Å². The number of para-hydroxylation sites is 1. The third-order valence-corrected chi connectivity index (χ3v) is 2.49. The minimum atomic E-state index is -0.880. The Morgan fingerprint density at radius 2 is 2.15 bits per heavy atom. The number of hydrogen-bond acceptors (Lipinski definition) is 5. The third kappa shape index (κ3) is 2.77. The molecule has 0 N–H and O–H groups in total. The standard InChI is InChI=1S/C13H9FN2O4/c1-8(17)9-5-6-15-12(7-9)20-13-10(14)3-2-4-11(13)16(18)19/h2-7H,1H3. The molecular formula is C13H9FN2O4. The molecule has 0 aliphatic heterocycles. The van der Waals surface area contributed by atoms with Gasteiger partial charge in [-0.2, -0.15) is 0 Å². The van der Waals surface area contributed by atoms with E-state index in [4.69, 9.17) is 4.74 Å². The number of nitro benzene ring substituents is 1. The highest BCUT2D eigenvalue weighted by Gasteiger charge is 2.20. The molecule has 0 unspecified atom stereocenters. The Morgan fingerprint density at radius 3 is 2.80 bits per heavy atom. The van der Waals surface area contributed by atoms with Gasteiger partial charge in [-0.05, 0) is 19.1 Å². The monoisotopic (exact) mass is 276 g/mol. The van der Waals surface area contributed by atoms with Gasteiger partial charge in [0.1, 0.15) is 0 Å². The van der Waals surface area contributed by atoms with Crippen LogP contribution in [0.4, 0.5) is 10.1 Å². The second-order valence-corrected chi connectivity index (χ2v) is 3.89. The summed E-state index contributed by atoms with van der Waals surface area (Å²) in [7, 11) is 0. The molecule has 0 bridgehead atoms. The molecule has 6 nitrogen and oxygen atoms in total. The molecule has 1 aromatic carbocycles. The maximum atomic E-state index is 13.6. The second kappa shape index (κ2) is 5.43. The molecule has 0 saturated heterocycles. The first-order valence-electron chi connectivity index (χ1n) is 5.57. The van der Waals surface area contributed by atoms with E-state index in [-0.39, 0.29) is 11.7 Å². The van der Waals surface area contributed by atoms with Crippen LogP contribution in [-0.4, -0.2) is 15.7 Å². The Balaban J connectivity index is 2.42. The lowest BCUT2D eigenvalue weighted by Crippen LogP contribution is -1.99. The highest BCUT2D eigenvalue weighted by Crippen LogP contribution is 2.33. The van der Waals surface area contributed by atoms with E-state index in [0.717, 1.165) is 12.1 Å². The Hall–Kier alpha value is -2.83. The van der Waals surface area contributed by atoms with Crippen molar-refractivity contribution in [1.29, 1.82) is 0 Å². The van der Waals surface area contributed by atoms with Crippen LogP contribution in [-0.2, 0) is 0 Å². The van der Waals surface area contributed by atoms with Crippen LogP contribution >= 0.6 is 0 Å². The third-order valence-electron chi connectivity index (χ3n) is 2.49. The molecule has 0 saturated carbocycles. The van der Waals surface area contributed by atoms with Crippen LogP contribution in [0.15, 0.2) is 36.5 Å². The van der Waals surface area contributed by atoms with Gasteiger partial charge in [-0.15, -0.1) is 0 Å². The topological polar surface area (TPSA) is 82.3 Å². The van der Waals surface area contributed by atoms with E-state index in [1.54, 1.807) is 0 Å². The fourth-order valence-electron chi connectivity index (χ4n) is 1.53. The molecule has 102 valence electrons. The van der Waals surface area contributed by atoms with E-state index in [0.29, 0.717) is 5.56 Å². The first-order chi connectivity index (χ1) is 9.49. The van der Waals surface area contributed by atoms with Crippen molar-refractivity contribution in [2.24, 2.45) is 0 Å². The molecular weight excluding hydrogens is 267 g/mol. The van der Waals surface area contributed by atoms with Crippen molar-refractivity contribution in [3.63, 3.8) is 0 Å². The Kier molecular flexibility index (Phi) is 3.69. The molecule has 1 heterocycles. The van der Waals surface area contributed by atoms with Gasteiger partial charge in [0.2, 0.25) is 11.6 Å². The zero-order valence-corrected chi connectivity index (χ0v) is 10.4. The van der Waals surface area contributed by atoms with Crippen LogP contribution in [0.5, 0.6) is 11.6 Å². The summed E-state index contributed by atoms with van der Waals surface area (Å²) in [6.45, 7) is 1.35. The van der Waals surface area contributed by atoms with Crippen LogP contribution in [0, 0.1) is 15.9 Å². The number of hydrogen-bond donors (Lipinski definition) is 0. The number of ketones is 1. The smallest absolute Gasteiger partial charge is 0.314 e. The number of carbonyl (C=O) groups excluding carboxylic acids is 1. The molecule has 0 aliphatic rings. The highest BCUT2D eigenvalue weighted by atomic mass is 19.1. The van der Waals surface area contributed by atoms with Crippen molar-refractivity contribution < 1.29 is 18.8 Å². The Bertz CT molecular complexity index is 688. The van der Waals surface area contributed by atoms with Crippen molar-refractivity contribution in [3.8, 4) is 11.6 Å². The number of ether oxygens (including phenoxy) is 1. The number of Topliss-reactive ketones (excluding diaryl/α,β-unsaturated/α-hetero) is 1. The van der Waals surface area contributed by atoms with Crippen molar-refractivity contribution in [1.82, 2.24) is 4.98 Å². The lowest BCUT2D eigenvalue weighted by atomic mass is 10.2. The van der Waals surface area contributed by atoms with Gasteiger partial charge in [0.25, 0.3) is 0 Å². The summed E-state index contributed by atoms with van der Waals surface area (Å²) in [4.78, 5) is 25.1. The molecule has 7 heteroatoms. The fraction of sp³-hybridized carbons (Fsp3) is 0.0769. The number of halogens is 1. The van der Waals surface area contributed by atoms with Crippen molar-refractivity contribution >= 4 is 11.5 Å². The average Bonchev–Trinajstić information content (AvgIpc) is 2.41. The van der Waals surface area contributed by atoms with Gasteiger partial charge in [-0.1, -0.05) is 6.07 Å². The largest absolute Gasteiger partial charge is 0.429 e. The minimum Gasteiger partial charge on any atom is -0.429 e. The number of carbonyl (C=O) groups is 1. The number of rotatable bonds is 4. The maximum absolute atomic E-state index is 13.6. The van der Waals surface area contributed by atoms with Gasteiger partial charge in [-0.3, -0.25) is 14.9 Å². The number of nitrogens with zero attached hydrogens (tertiary/aromatic N) is 2. The number of benzene rings is 1. The summed E-state index contributed by atoms with van der Waals surface area (Å²) in [5.41, 5.74) is -0.200. The molecule has 2 aromatic rings. The Labute approximate surface area is 113 Å². The highest BCUT2D eigenvalue weighted by molar-refractivity contribution is 5.94. The normalized spacial score (nSPS) is 10.1. The maximum Gasteiger partial charge on any atom is 0.314 e. The molecule has 0 amide bonds. The van der Waals surface area contributed by atoms with Crippen LogP contribution in [0.1, 0.15) is 17.3 Å². The summed E-state index contributed by atoms with van der Waals surface area (Å²) in [5, 5.41) is 10.8. The minimum absolute atomic E-state index is 0.0918. The zero-order valence-electron chi connectivity index (χ0n) is 10.4. The SMILES string of the molecule is CC(=O)c1ccnc(Oc2c(F)cccc2[N+](=O)[O-])c1. The zero-order chi connectivity index (χ0) is 14.7. The molecule has 0 atom stereocenters. The predicted octanol–water partition coefficient (Wildman–Crippen LogP) is 3.12. The molecule has 2 rings (SSSR count). The van der Waals surface area contributed by atoms with Crippen LogP contribution < -0.4 is 4.74 Å². The van der Waals surface area contributed by atoms with Crippen LogP contribution in [0.25, 0.3) is 0 Å². The molecule has 1 aromatic heterocycles. The predicted molar refractivity (Wildman–Crippen MR) is 67.4 cm³/mol. The molecule has 20 heavy (non-hydrogen) atoms. The van der Waals surface area contributed by atoms with E-state index < -0.39 is 22.2 Å². The van der Waals surface area contributed by atoms with Gasteiger partial charge < -0.3 is 4.74 Å². The first kappa shape index (κ1) is 13.6. The van der Waals surface area contributed by atoms with Crippen molar-refractivity contribution in [2.45, 2.75) is 6.92 Å². The summed E-state index contributed by atoms with van der Waals surface area (Å²) in [6, 6.07) is 6.12. The van der Waals surface area contributed by atoms with E-state index in [2.05, 4.69) is 4.98 Å². The van der Waals surface area contributed by atoms with Gasteiger partial charge in [-0.25, -0.2) is 9.37 Å². The van der Waals surface area contributed by atoms with E-state index >= 15 is 0 Å². The Morgan fingerprint density at radius 1 is 1.40 bits per heavy atom. The van der Waals surface area contributed by atoms with Gasteiger partial charge in [0, 0.05) is 23.9 Å². The molecule has 0 fully saturated rings. The number of pyridine rings is 1. The van der Waals surface area contributed by atoms with Crippen LogP contribution in [0.2, 0.25) is 0 Å². The van der Waals surface area contributed by atoms with E-state index in [9.17, 15) is 19.3 Å². The lowest BCUT2D eigenvalue weighted by molar-refractivity contribution is -0.385. The first-order valence-corrected chi connectivity index (χ1v) is 5.57. The summed E-state index contributed by atoms with van der Waals surface area (Å²) < 4.78 is 18.7. The van der Waals surface area contributed by atoms with Crippen molar-refractivity contribution in [2.75, 3.05) is 0 Å². The summed E-state index contributed by atoms with van der Waals surface area (Å²) in [5.74, 6) is -1.73. The molecule has 0 aliphatic carbocycles. The lowest BCUT2D eigenvalue weighted by Gasteiger charge is -2.06. The number of aromatic nitrogens is 1. The van der Waals surface area contributed by atoms with Gasteiger partial charge >= 0.3 is 5.69 Å². The fourth-order valence-corrected chi connectivity index (χ4v) is 1.53. The van der Waals surface area contributed by atoms with E-state index in [1.807, 2.05) is 0 Å². The van der Waals surface area contributed by atoms with Crippen LogP contribution in [0.3, 0.4) is 0 Å². The van der Waals surface area contributed by atoms with Crippen molar-refractivity contribution in [3.05, 3.63) is 58.0 Å². The molecule has 0 spiro atoms. The average molecular weight is 276 g/mol. The summed E-state index contributed by atoms with van der Waals surface area (Å²) in [6.07, 6.45) is 1.30. The summed E-state index contributed by atoms with van der Waals surface area (Å²) >= 11 is 0.